The van der Waals surface area contributed by atoms with Crippen molar-refractivity contribution in [2.75, 3.05) is 13.7 Å². The van der Waals surface area contributed by atoms with Gasteiger partial charge in [-0.15, -0.1) is 0 Å². The average Bonchev–Trinajstić information content (AvgIpc) is 3.63. The van der Waals surface area contributed by atoms with Crippen molar-refractivity contribution < 1.29 is 9.47 Å². The molecule has 1 aliphatic rings. The van der Waals surface area contributed by atoms with Crippen LogP contribution in [-0.2, 0) is 6.42 Å². The van der Waals surface area contributed by atoms with E-state index in [4.69, 9.17) is 20.5 Å². The maximum atomic E-state index is 7.16. The van der Waals surface area contributed by atoms with Gasteiger partial charge >= 0.3 is 0 Å². The standard InChI is InChI=1S/C25H28N6O2/c1-4-16-11-20(32-3)9-10-21(16)22-12-19(22)14-33-25-23(13-28-15(2)29-25)17-5-7-18(8-6-17)24(30-26)31-27/h5-11,13,19,22,24,26-27H,4,12,14H2,1-3H3. The van der Waals surface area contributed by atoms with E-state index in [9.17, 15) is 0 Å². The zero-order valence-electron chi connectivity index (χ0n) is 19.1. The molecule has 0 spiro atoms. The molecule has 0 radical (unpaired) electrons. The van der Waals surface area contributed by atoms with Crippen molar-refractivity contribution in [2.24, 2.45) is 16.1 Å². The first-order valence-electron chi connectivity index (χ1n) is 11.0. The van der Waals surface area contributed by atoms with Gasteiger partial charge in [0.15, 0.2) is 0 Å². The molecular formula is C25H28N6O2. The van der Waals surface area contributed by atoms with E-state index in [1.807, 2.05) is 37.3 Å². The van der Waals surface area contributed by atoms with E-state index >= 15 is 0 Å². The summed E-state index contributed by atoms with van der Waals surface area (Å²) in [4.78, 5) is 8.90. The summed E-state index contributed by atoms with van der Waals surface area (Å²) in [6, 6.07) is 13.8. The number of aromatic nitrogens is 2. The van der Waals surface area contributed by atoms with Crippen LogP contribution in [0.5, 0.6) is 11.6 Å². The predicted octanol–water partition coefficient (Wildman–Crippen LogP) is 6.27. The molecule has 1 aliphatic carbocycles. The van der Waals surface area contributed by atoms with Crippen molar-refractivity contribution in [2.45, 2.75) is 38.8 Å². The summed E-state index contributed by atoms with van der Waals surface area (Å²) in [7, 11) is 1.70. The monoisotopic (exact) mass is 444 g/mol. The third-order valence-electron chi connectivity index (χ3n) is 6.13. The van der Waals surface area contributed by atoms with Gasteiger partial charge in [0.25, 0.3) is 0 Å². The summed E-state index contributed by atoms with van der Waals surface area (Å²) >= 11 is 0. The Bertz CT molecular complexity index is 1140. The van der Waals surface area contributed by atoms with Gasteiger partial charge < -0.3 is 9.47 Å². The number of hydrogen-bond acceptors (Lipinski definition) is 8. The number of methoxy groups -OCH3 is 1. The predicted molar refractivity (Wildman–Crippen MR) is 124 cm³/mol. The number of benzene rings is 2. The molecule has 1 fully saturated rings. The van der Waals surface area contributed by atoms with Gasteiger partial charge in [-0.3, -0.25) is 0 Å². The Hall–Kier alpha value is -3.68. The Labute approximate surface area is 193 Å². The Morgan fingerprint density at radius 3 is 2.55 bits per heavy atom. The van der Waals surface area contributed by atoms with Gasteiger partial charge in [-0.1, -0.05) is 37.3 Å². The van der Waals surface area contributed by atoms with E-state index in [2.05, 4.69) is 39.3 Å². The van der Waals surface area contributed by atoms with Crippen LogP contribution in [-0.4, -0.2) is 23.7 Å². The second kappa shape index (κ2) is 9.85. The first-order valence-corrected chi connectivity index (χ1v) is 11.0. The van der Waals surface area contributed by atoms with Crippen LogP contribution < -0.4 is 9.47 Å². The summed E-state index contributed by atoms with van der Waals surface area (Å²) in [6.07, 6.45) is 3.05. The molecule has 0 saturated heterocycles. The molecule has 33 heavy (non-hydrogen) atoms. The van der Waals surface area contributed by atoms with Crippen molar-refractivity contribution in [1.82, 2.24) is 9.97 Å². The van der Waals surface area contributed by atoms with Crippen molar-refractivity contribution >= 4 is 0 Å². The van der Waals surface area contributed by atoms with E-state index in [0.717, 1.165) is 29.7 Å². The highest BCUT2D eigenvalue weighted by Crippen LogP contribution is 2.49. The highest BCUT2D eigenvalue weighted by atomic mass is 16.5. The van der Waals surface area contributed by atoms with Crippen molar-refractivity contribution in [3.8, 4) is 22.8 Å². The van der Waals surface area contributed by atoms with Gasteiger partial charge in [-0.25, -0.2) is 16.0 Å². The highest BCUT2D eigenvalue weighted by molar-refractivity contribution is 5.68. The molecule has 1 aromatic heterocycles. The molecule has 8 heteroatoms. The van der Waals surface area contributed by atoms with E-state index in [1.54, 1.807) is 13.3 Å². The maximum Gasteiger partial charge on any atom is 0.224 e. The topological polar surface area (TPSA) is 117 Å². The van der Waals surface area contributed by atoms with Crippen LogP contribution >= 0.6 is 0 Å². The van der Waals surface area contributed by atoms with Crippen molar-refractivity contribution in [1.29, 1.82) is 11.1 Å². The lowest BCUT2D eigenvalue weighted by atomic mass is 10.00. The SMILES string of the molecule is CCc1cc(OC)ccc1C1CC1COc1nc(C)ncc1-c1ccc(C(N=N)N=N)cc1. The number of hydrogen-bond donors (Lipinski definition) is 2. The Morgan fingerprint density at radius 2 is 1.88 bits per heavy atom. The van der Waals surface area contributed by atoms with Gasteiger partial charge in [0.2, 0.25) is 12.0 Å². The first-order chi connectivity index (χ1) is 16.1. The lowest BCUT2D eigenvalue weighted by Gasteiger charge is -2.13. The van der Waals surface area contributed by atoms with E-state index in [1.165, 1.54) is 11.1 Å². The van der Waals surface area contributed by atoms with Crippen LogP contribution in [0, 0.1) is 23.9 Å². The maximum absolute atomic E-state index is 7.16. The molecule has 170 valence electrons. The molecule has 2 unspecified atom stereocenters. The number of nitrogens with one attached hydrogen (secondary N) is 2. The minimum Gasteiger partial charge on any atom is -0.497 e. The highest BCUT2D eigenvalue weighted by Gasteiger charge is 2.40. The Morgan fingerprint density at radius 1 is 1.12 bits per heavy atom. The molecule has 3 aromatic rings. The van der Waals surface area contributed by atoms with Gasteiger partial charge in [0, 0.05) is 17.7 Å². The molecule has 1 heterocycles. The molecular weight excluding hydrogens is 416 g/mol. The van der Waals surface area contributed by atoms with Crippen molar-refractivity contribution in [3.63, 3.8) is 0 Å². The fourth-order valence-electron chi connectivity index (χ4n) is 4.15. The van der Waals surface area contributed by atoms with Gasteiger partial charge in [-0.2, -0.15) is 15.2 Å². The lowest BCUT2D eigenvalue weighted by Crippen LogP contribution is -2.06. The minimum atomic E-state index is -0.804. The summed E-state index contributed by atoms with van der Waals surface area (Å²) in [6.45, 7) is 4.62. The fourth-order valence-corrected chi connectivity index (χ4v) is 4.15. The molecule has 4 rings (SSSR count). The quantitative estimate of drug-likeness (QED) is 0.359. The van der Waals surface area contributed by atoms with Crippen LogP contribution in [0.15, 0.2) is 58.9 Å². The second-order valence-electron chi connectivity index (χ2n) is 8.22. The van der Waals surface area contributed by atoms with Crippen LogP contribution in [0.3, 0.4) is 0 Å². The lowest BCUT2D eigenvalue weighted by molar-refractivity contribution is 0.286. The zero-order chi connectivity index (χ0) is 23.4. The van der Waals surface area contributed by atoms with Crippen LogP contribution in [0.4, 0.5) is 0 Å². The Kier molecular flexibility index (Phi) is 6.72. The summed E-state index contributed by atoms with van der Waals surface area (Å²) in [5.41, 5.74) is 19.4. The van der Waals surface area contributed by atoms with Crippen LogP contribution in [0.1, 0.15) is 47.9 Å². The van der Waals surface area contributed by atoms with Gasteiger partial charge in [0.1, 0.15) is 11.6 Å². The summed E-state index contributed by atoms with van der Waals surface area (Å²) in [5, 5.41) is 6.72. The number of rotatable bonds is 10. The summed E-state index contributed by atoms with van der Waals surface area (Å²) < 4.78 is 11.6. The number of aryl methyl sites for hydroxylation is 2. The first kappa shape index (κ1) is 22.5. The molecule has 0 bridgehead atoms. The molecule has 0 amide bonds. The largest absolute Gasteiger partial charge is 0.497 e. The third-order valence-corrected chi connectivity index (χ3v) is 6.13. The smallest absolute Gasteiger partial charge is 0.224 e. The number of nitrogens with zero attached hydrogens (tertiary/aromatic N) is 4. The van der Waals surface area contributed by atoms with Gasteiger partial charge in [-0.05, 0) is 54.5 Å². The normalized spacial score (nSPS) is 17.8. The summed E-state index contributed by atoms with van der Waals surface area (Å²) in [5.74, 6) is 3.07. The van der Waals surface area contributed by atoms with Crippen LogP contribution in [0.2, 0.25) is 0 Å². The third kappa shape index (κ3) is 4.89. The van der Waals surface area contributed by atoms with Gasteiger partial charge in [0.05, 0.1) is 19.3 Å². The molecule has 2 N–H and O–H groups in total. The zero-order valence-corrected chi connectivity index (χ0v) is 19.1. The minimum absolute atomic E-state index is 0.451. The van der Waals surface area contributed by atoms with E-state index in [-0.39, 0.29) is 0 Å². The molecule has 1 saturated carbocycles. The molecule has 2 atom stereocenters. The second-order valence-corrected chi connectivity index (χ2v) is 8.22. The van der Waals surface area contributed by atoms with Crippen molar-refractivity contribution in [3.05, 3.63) is 71.2 Å². The molecule has 2 aromatic carbocycles. The molecule has 8 nitrogen and oxygen atoms in total. The number of ether oxygens (including phenoxy) is 2. The fraction of sp³-hybridized carbons (Fsp3) is 0.360. The Balaban J connectivity index is 1.49. The van der Waals surface area contributed by atoms with E-state index in [0.29, 0.717) is 35.7 Å². The van der Waals surface area contributed by atoms with Crippen LogP contribution in [0.25, 0.3) is 11.1 Å². The molecule has 0 aliphatic heterocycles. The van der Waals surface area contributed by atoms with E-state index < -0.39 is 6.17 Å². The average molecular weight is 445 g/mol.